The lowest BCUT2D eigenvalue weighted by molar-refractivity contribution is -0.396. The molecular formula is C8H4F2N2O6. The van der Waals surface area contributed by atoms with E-state index >= 15 is 0 Å². The van der Waals surface area contributed by atoms with Crippen LogP contribution in [0.3, 0.4) is 0 Å². The molecule has 0 amide bonds. The first kappa shape index (κ1) is 13.4. The highest BCUT2D eigenvalue weighted by Gasteiger charge is 2.30. The van der Waals surface area contributed by atoms with Crippen molar-refractivity contribution in [1.82, 2.24) is 0 Å². The van der Waals surface area contributed by atoms with Crippen LogP contribution < -0.4 is 0 Å². The number of alkyl halides is 2. The first-order valence-electron chi connectivity index (χ1n) is 4.24. The Bertz CT molecular complexity index is 509. The van der Waals surface area contributed by atoms with E-state index in [1.54, 1.807) is 0 Å². The highest BCUT2D eigenvalue weighted by Crippen LogP contribution is 2.37. The van der Waals surface area contributed by atoms with Crippen molar-refractivity contribution < 1.29 is 28.5 Å². The number of halogens is 2. The Labute approximate surface area is 96.8 Å². The number of hydrogen-bond donors (Lipinski definition) is 1. The predicted octanol–water partition coefficient (Wildman–Crippen LogP) is 1.66. The van der Waals surface area contributed by atoms with Crippen LogP contribution in [0.2, 0.25) is 0 Å². The molecule has 0 aliphatic rings. The monoisotopic (exact) mass is 262 g/mol. The van der Waals surface area contributed by atoms with Crippen molar-refractivity contribution in [3.05, 3.63) is 37.9 Å². The van der Waals surface area contributed by atoms with Crippen LogP contribution in [0, 0.1) is 20.2 Å². The highest BCUT2D eigenvalue weighted by molar-refractivity contribution is 6.00. The van der Waals surface area contributed by atoms with Gasteiger partial charge in [-0.25, -0.2) is 8.78 Å². The molecule has 0 aliphatic carbocycles. The summed E-state index contributed by atoms with van der Waals surface area (Å²) in [5.41, 5.74) is -3.29. The average molecular weight is 262 g/mol. The van der Waals surface area contributed by atoms with Crippen LogP contribution in [0.5, 0.6) is 5.75 Å². The summed E-state index contributed by atoms with van der Waals surface area (Å²) in [5.74, 6) is -3.10. The molecule has 8 nitrogen and oxygen atoms in total. The number of ketones is 1. The van der Waals surface area contributed by atoms with Crippen LogP contribution in [0.4, 0.5) is 20.2 Å². The number of phenols is 1. The summed E-state index contributed by atoms with van der Waals surface area (Å²) < 4.78 is 24.3. The molecule has 0 heterocycles. The van der Waals surface area contributed by atoms with Crippen molar-refractivity contribution in [3.63, 3.8) is 0 Å². The van der Waals surface area contributed by atoms with E-state index in [0.717, 1.165) is 0 Å². The summed E-state index contributed by atoms with van der Waals surface area (Å²) in [4.78, 5) is 29.4. The van der Waals surface area contributed by atoms with Crippen LogP contribution in [0.15, 0.2) is 12.1 Å². The predicted molar refractivity (Wildman–Crippen MR) is 51.8 cm³/mol. The molecule has 0 unspecified atom stereocenters. The van der Waals surface area contributed by atoms with Gasteiger partial charge in [-0.05, 0) is 0 Å². The second-order valence-electron chi connectivity index (χ2n) is 3.04. The summed E-state index contributed by atoms with van der Waals surface area (Å²) in [6.07, 6.45) is -3.46. The number of carbonyl (C=O) groups is 1. The van der Waals surface area contributed by atoms with Gasteiger partial charge >= 0.3 is 17.8 Å². The SMILES string of the molecule is O=C(c1cc([N+](=O)[O-])c(O)c([N+](=O)[O-])c1)C(F)F. The van der Waals surface area contributed by atoms with Crippen molar-refractivity contribution >= 4 is 17.2 Å². The number of nitrogens with zero attached hydrogens (tertiary/aromatic N) is 2. The zero-order valence-corrected chi connectivity index (χ0v) is 8.37. The second-order valence-corrected chi connectivity index (χ2v) is 3.04. The van der Waals surface area contributed by atoms with Gasteiger partial charge < -0.3 is 5.11 Å². The lowest BCUT2D eigenvalue weighted by Gasteiger charge is -2.02. The third kappa shape index (κ3) is 2.36. The zero-order chi connectivity index (χ0) is 14.0. The minimum atomic E-state index is -3.46. The molecule has 0 saturated carbocycles. The van der Waals surface area contributed by atoms with Crippen LogP contribution in [-0.4, -0.2) is 27.2 Å². The number of benzene rings is 1. The number of aromatic hydroxyl groups is 1. The topological polar surface area (TPSA) is 124 Å². The maximum Gasteiger partial charge on any atom is 0.318 e. The Morgan fingerprint density at radius 1 is 1.17 bits per heavy atom. The van der Waals surface area contributed by atoms with Gasteiger partial charge in [0.15, 0.2) is 0 Å². The van der Waals surface area contributed by atoms with E-state index in [2.05, 4.69) is 0 Å². The molecule has 0 aromatic heterocycles. The maximum absolute atomic E-state index is 12.1. The van der Waals surface area contributed by atoms with Crippen molar-refractivity contribution in [1.29, 1.82) is 0 Å². The Hall–Kier alpha value is -2.65. The van der Waals surface area contributed by atoms with E-state index < -0.39 is 44.7 Å². The number of carbonyl (C=O) groups excluding carboxylic acids is 1. The Balaban J connectivity index is 3.53. The van der Waals surface area contributed by atoms with Crippen molar-refractivity contribution in [2.45, 2.75) is 6.43 Å². The molecule has 10 heteroatoms. The molecule has 1 aromatic carbocycles. The number of Topliss-reactive ketones (excluding diaryl/α,β-unsaturated/α-hetero) is 1. The van der Waals surface area contributed by atoms with E-state index in [4.69, 9.17) is 0 Å². The number of hydrogen-bond acceptors (Lipinski definition) is 6. The first-order chi connectivity index (χ1) is 8.25. The Kier molecular flexibility index (Phi) is 3.50. The number of nitro groups is 2. The molecule has 0 aliphatic heterocycles. The summed E-state index contributed by atoms with van der Waals surface area (Å²) in [5, 5.41) is 30.1. The van der Waals surface area contributed by atoms with E-state index in [-0.39, 0.29) is 0 Å². The van der Waals surface area contributed by atoms with E-state index in [1.165, 1.54) is 0 Å². The van der Waals surface area contributed by atoms with Gasteiger partial charge in [0.2, 0.25) is 5.78 Å². The highest BCUT2D eigenvalue weighted by atomic mass is 19.3. The van der Waals surface area contributed by atoms with E-state index in [1.807, 2.05) is 0 Å². The van der Waals surface area contributed by atoms with Crippen LogP contribution in [0.1, 0.15) is 10.4 Å². The quantitative estimate of drug-likeness (QED) is 0.499. The van der Waals surface area contributed by atoms with Gasteiger partial charge in [0.1, 0.15) is 0 Å². The maximum atomic E-state index is 12.1. The fourth-order valence-corrected chi connectivity index (χ4v) is 1.15. The van der Waals surface area contributed by atoms with Crippen LogP contribution >= 0.6 is 0 Å². The molecule has 18 heavy (non-hydrogen) atoms. The zero-order valence-electron chi connectivity index (χ0n) is 8.37. The van der Waals surface area contributed by atoms with E-state index in [0.29, 0.717) is 12.1 Å². The lowest BCUT2D eigenvalue weighted by atomic mass is 10.1. The average Bonchev–Trinajstić information content (AvgIpc) is 2.27. The molecular weight excluding hydrogens is 258 g/mol. The molecule has 0 saturated heterocycles. The summed E-state index contributed by atoms with van der Waals surface area (Å²) in [6.45, 7) is 0. The van der Waals surface area contributed by atoms with Gasteiger partial charge in [0.25, 0.3) is 5.75 Å². The Morgan fingerprint density at radius 2 is 1.56 bits per heavy atom. The third-order valence-electron chi connectivity index (χ3n) is 1.95. The van der Waals surface area contributed by atoms with Gasteiger partial charge in [-0.2, -0.15) is 0 Å². The largest absolute Gasteiger partial charge is 0.497 e. The normalized spacial score (nSPS) is 10.4. The second kappa shape index (κ2) is 4.69. The molecule has 1 aromatic rings. The molecule has 0 spiro atoms. The minimum Gasteiger partial charge on any atom is -0.497 e. The minimum absolute atomic E-state index is 0.358. The smallest absolute Gasteiger partial charge is 0.318 e. The standard InChI is InChI=1S/C8H4F2N2O6/c9-8(10)6(13)3-1-4(11(15)16)7(14)5(2-3)12(17)18/h1-2,8,14H. The number of nitro benzene ring substituents is 2. The van der Waals surface area contributed by atoms with Gasteiger partial charge in [0, 0.05) is 17.7 Å². The van der Waals surface area contributed by atoms with Gasteiger partial charge in [-0.1, -0.05) is 0 Å². The fraction of sp³-hybridized carbons (Fsp3) is 0.125. The molecule has 96 valence electrons. The van der Waals surface area contributed by atoms with Crippen molar-refractivity contribution in [2.24, 2.45) is 0 Å². The molecule has 1 rings (SSSR count). The molecule has 1 N–H and O–H groups in total. The van der Waals surface area contributed by atoms with Gasteiger partial charge in [0.05, 0.1) is 9.85 Å². The van der Waals surface area contributed by atoms with Crippen molar-refractivity contribution in [3.8, 4) is 5.75 Å². The third-order valence-corrected chi connectivity index (χ3v) is 1.95. The van der Waals surface area contributed by atoms with E-state index in [9.17, 15) is 38.9 Å². The first-order valence-corrected chi connectivity index (χ1v) is 4.24. The molecule has 0 radical (unpaired) electrons. The van der Waals surface area contributed by atoms with Crippen LogP contribution in [-0.2, 0) is 0 Å². The van der Waals surface area contributed by atoms with Gasteiger partial charge in [-0.3, -0.25) is 25.0 Å². The van der Waals surface area contributed by atoms with Crippen molar-refractivity contribution in [2.75, 3.05) is 0 Å². The number of phenolic OH excluding ortho intramolecular Hbond substituents is 1. The number of rotatable bonds is 4. The fourth-order valence-electron chi connectivity index (χ4n) is 1.15. The summed E-state index contributed by atoms with van der Waals surface area (Å²) in [7, 11) is 0. The summed E-state index contributed by atoms with van der Waals surface area (Å²) >= 11 is 0. The lowest BCUT2D eigenvalue weighted by Crippen LogP contribution is -2.11. The summed E-state index contributed by atoms with van der Waals surface area (Å²) in [6, 6.07) is 0.716. The molecule has 0 bridgehead atoms. The van der Waals surface area contributed by atoms with Gasteiger partial charge in [-0.15, -0.1) is 0 Å². The Morgan fingerprint density at radius 3 is 1.83 bits per heavy atom. The van der Waals surface area contributed by atoms with Crippen LogP contribution in [0.25, 0.3) is 0 Å². The molecule has 0 atom stereocenters. The molecule has 0 fully saturated rings.